The molecule has 0 amide bonds. The van der Waals surface area contributed by atoms with Gasteiger partial charge in [0, 0.05) is 18.1 Å². The summed E-state index contributed by atoms with van der Waals surface area (Å²) in [4.78, 5) is 16.1. The smallest absolute Gasteiger partial charge is 0.186 e. The summed E-state index contributed by atoms with van der Waals surface area (Å²) in [7, 11) is 0. The molecule has 4 N–H and O–H groups in total. The van der Waals surface area contributed by atoms with Crippen molar-refractivity contribution in [2.75, 3.05) is 5.73 Å². The van der Waals surface area contributed by atoms with Gasteiger partial charge in [0.2, 0.25) is 0 Å². The van der Waals surface area contributed by atoms with Gasteiger partial charge in [-0.05, 0) is 18.9 Å². The lowest BCUT2D eigenvalue weighted by Gasteiger charge is -2.22. The molecule has 1 fully saturated rings. The Balaban J connectivity index is 2.32. The summed E-state index contributed by atoms with van der Waals surface area (Å²) in [6.45, 7) is 0. The Morgan fingerprint density at radius 3 is 2.67 bits per heavy atom. The van der Waals surface area contributed by atoms with E-state index >= 15 is 0 Å². The average Bonchev–Trinajstić information content (AvgIpc) is 2.66. The molecular formula is C11H15N3O. The van der Waals surface area contributed by atoms with E-state index in [4.69, 9.17) is 11.5 Å². The molecule has 1 aliphatic carbocycles. The summed E-state index contributed by atoms with van der Waals surface area (Å²) < 4.78 is 0. The van der Waals surface area contributed by atoms with Crippen LogP contribution in [0.5, 0.6) is 0 Å². The zero-order chi connectivity index (χ0) is 10.9. The van der Waals surface area contributed by atoms with Crippen LogP contribution in [0.1, 0.15) is 36.0 Å². The molecule has 4 nitrogen and oxygen atoms in total. The quantitative estimate of drug-likeness (QED) is 0.709. The average molecular weight is 205 g/mol. The van der Waals surface area contributed by atoms with E-state index in [1.165, 1.54) is 6.20 Å². The molecule has 0 spiro atoms. The number of ketones is 1. The monoisotopic (exact) mass is 205 g/mol. The summed E-state index contributed by atoms with van der Waals surface area (Å²) >= 11 is 0. The summed E-state index contributed by atoms with van der Waals surface area (Å²) in [5.41, 5.74) is 12.0. The third kappa shape index (κ3) is 1.72. The maximum atomic E-state index is 12.1. The van der Waals surface area contributed by atoms with Gasteiger partial charge in [0.25, 0.3) is 0 Å². The number of pyridine rings is 1. The maximum absolute atomic E-state index is 12.1. The molecule has 1 aliphatic rings. The fourth-order valence-electron chi connectivity index (χ4n) is 2.10. The van der Waals surface area contributed by atoms with E-state index in [2.05, 4.69) is 4.98 Å². The SMILES string of the molecule is Nc1ccncc1C(=O)C1(N)CCCC1. The molecule has 0 aliphatic heterocycles. The number of hydrogen-bond acceptors (Lipinski definition) is 4. The normalized spacial score (nSPS) is 19.0. The van der Waals surface area contributed by atoms with Crippen molar-refractivity contribution in [3.63, 3.8) is 0 Å². The van der Waals surface area contributed by atoms with Gasteiger partial charge < -0.3 is 11.5 Å². The van der Waals surface area contributed by atoms with Crippen LogP contribution in [0.3, 0.4) is 0 Å². The lowest BCUT2D eigenvalue weighted by atomic mass is 9.89. The lowest BCUT2D eigenvalue weighted by Crippen LogP contribution is -2.45. The van der Waals surface area contributed by atoms with Gasteiger partial charge in [0.05, 0.1) is 11.1 Å². The minimum atomic E-state index is -0.711. The summed E-state index contributed by atoms with van der Waals surface area (Å²) in [6, 6.07) is 1.63. The molecule has 1 heterocycles. The van der Waals surface area contributed by atoms with Gasteiger partial charge in [-0.25, -0.2) is 0 Å². The van der Waals surface area contributed by atoms with Crippen molar-refractivity contribution in [1.29, 1.82) is 0 Å². The Kier molecular flexibility index (Phi) is 2.44. The summed E-state index contributed by atoms with van der Waals surface area (Å²) in [6.07, 6.45) is 6.61. The molecule has 0 saturated heterocycles. The highest BCUT2D eigenvalue weighted by atomic mass is 16.1. The van der Waals surface area contributed by atoms with E-state index in [1.54, 1.807) is 12.3 Å². The third-order valence-electron chi connectivity index (χ3n) is 3.05. The first kappa shape index (κ1) is 10.1. The molecule has 1 saturated carbocycles. The Morgan fingerprint density at radius 1 is 1.40 bits per heavy atom. The van der Waals surface area contributed by atoms with Crippen LogP contribution in [0, 0.1) is 0 Å². The number of nitrogens with two attached hydrogens (primary N) is 2. The first-order valence-corrected chi connectivity index (χ1v) is 5.17. The molecule has 2 rings (SSSR count). The fraction of sp³-hybridized carbons (Fsp3) is 0.455. The predicted octanol–water partition coefficient (Wildman–Crippen LogP) is 1.12. The van der Waals surface area contributed by atoms with Crippen molar-refractivity contribution >= 4 is 11.5 Å². The fourth-order valence-corrected chi connectivity index (χ4v) is 2.10. The standard InChI is InChI=1S/C11H15N3O/c12-9-3-6-14-7-8(9)10(15)11(13)4-1-2-5-11/h3,6-7H,1-2,4-5,13H2,(H2,12,14). The van der Waals surface area contributed by atoms with Crippen molar-refractivity contribution in [3.05, 3.63) is 24.0 Å². The number of rotatable bonds is 2. The van der Waals surface area contributed by atoms with Gasteiger partial charge in [-0.2, -0.15) is 0 Å². The molecule has 0 aromatic carbocycles. The van der Waals surface area contributed by atoms with E-state index in [-0.39, 0.29) is 5.78 Å². The summed E-state index contributed by atoms with van der Waals surface area (Å²) in [5, 5.41) is 0. The Hall–Kier alpha value is -1.42. The van der Waals surface area contributed by atoms with E-state index in [0.717, 1.165) is 25.7 Å². The van der Waals surface area contributed by atoms with E-state index in [0.29, 0.717) is 11.3 Å². The Morgan fingerprint density at radius 2 is 2.07 bits per heavy atom. The highest BCUT2D eigenvalue weighted by Gasteiger charge is 2.38. The van der Waals surface area contributed by atoms with Crippen LogP contribution >= 0.6 is 0 Å². The minimum absolute atomic E-state index is 0.0643. The van der Waals surface area contributed by atoms with Crippen LogP contribution in [0.2, 0.25) is 0 Å². The van der Waals surface area contributed by atoms with Crippen molar-refractivity contribution in [1.82, 2.24) is 4.98 Å². The second kappa shape index (κ2) is 3.62. The topological polar surface area (TPSA) is 82.0 Å². The molecule has 1 aromatic rings. The van der Waals surface area contributed by atoms with Crippen LogP contribution in [-0.2, 0) is 0 Å². The predicted molar refractivity (Wildman–Crippen MR) is 58.4 cm³/mol. The molecule has 4 heteroatoms. The highest BCUT2D eigenvalue weighted by molar-refractivity contribution is 6.06. The second-order valence-corrected chi connectivity index (χ2v) is 4.16. The molecule has 15 heavy (non-hydrogen) atoms. The molecule has 0 unspecified atom stereocenters. The second-order valence-electron chi connectivity index (χ2n) is 4.16. The van der Waals surface area contributed by atoms with Gasteiger partial charge >= 0.3 is 0 Å². The molecule has 1 aromatic heterocycles. The van der Waals surface area contributed by atoms with Gasteiger partial charge in [-0.1, -0.05) is 12.8 Å². The molecule has 0 radical (unpaired) electrons. The largest absolute Gasteiger partial charge is 0.398 e. The number of nitrogens with zero attached hydrogens (tertiary/aromatic N) is 1. The number of nitrogen functional groups attached to an aromatic ring is 1. The van der Waals surface area contributed by atoms with Gasteiger partial charge in [0.15, 0.2) is 5.78 Å². The first-order chi connectivity index (χ1) is 7.13. The molecule has 0 bridgehead atoms. The maximum Gasteiger partial charge on any atom is 0.186 e. The van der Waals surface area contributed by atoms with Crippen LogP contribution in [0.15, 0.2) is 18.5 Å². The van der Waals surface area contributed by atoms with Crippen molar-refractivity contribution in [2.45, 2.75) is 31.2 Å². The minimum Gasteiger partial charge on any atom is -0.398 e. The van der Waals surface area contributed by atoms with Crippen molar-refractivity contribution < 1.29 is 4.79 Å². The van der Waals surface area contributed by atoms with Crippen LogP contribution in [0.25, 0.3) is 0 Å². The Labute approximate surface area is 88.7 Å². The van der Waals surface area contributed by atoms with Gasteiger partial charge in [0.1, 0.15) is 0 Å². The van der Waals surface area contributed by atoms with Gasteiger partial charge in [-0.3, -0.25) is 9.78 Å². The number of aromatic nitrogens is 1. The number of anilines is 1. The van der Waals surface area contributed by atoms with Crippen LogP contribution in [0.4, 0.5) is 5.69 Å². The van der Waals surface area contributed by atoms with E-state index < -0.39 is 5.54 Å². The number of carbonyl (C=O) groups excluding carboxylic acids is 1. The Bertz CT molecular complexity index is 383. The highest BCUT2D eigenvalue weighted by Crippen LogP contribution is 2.31. The van der Waals surface area contributed by atoms with Crippen molar-refractivity contribution in [3.8, 4) is 0 Å². The van der Waals surface area contributed by atoms with Crippen LogP contribution < -0.4 is 11.5 Å². The number of Topliss-reactive ketones (excluding diaryl/α,β-unsaturated/α-hetero) is 1. The van der Waals surface area contributed by atoms with Crippen LogP contribution in [-0.4, -0.2) is 16.3 Å². The molecule has 80 valence electrons. The summed E-state index contributed by atoms with van der Waals surface area (Å²) in [5.74, 6) is -0.0643. The zero-order valence-corrected chi connectivity index (χ0v) is 8.57. The zero-order valence-electron chi connectivity index (χ0n) is 8.57. The lowest BCUT2D eigenvalue weighted by molar-refractivity contribution is 0.0892. The van der Waals surface area contributed by atoms with E-state index in [9.17, 15) is 4.79 Å². The third-order valence-corrected chi connectivity index (χ3v) is 3.05. The number of carbonyl (C=O) groups is 1. The van der Waals surface area contributed by atoms with Crippen molar-refractivity contribution in [2.24, 2.45) is 5.73 Å². The first-order valence-electron chi connectivity index (χ1n) is 5.17. The molecular weight excluding hydrogens is 190 g/mol. The molecule has 0 atom stereocenters. The number of hydrogen-bond donors (Lipinski definition) is 2. The van der Waals surface area contributed by atoms with Gasteiger partial charge in [-0.15, -0.1) is 0 Å². The van der Waals surface area contributed by atoms with E-state index in [1.807, 2.05) is 0 Å².